The van der Waals surface area contributed by atoms with Crippen molar-refractivity contribution in [2.45, 2.75) is 25.7 Å². The number of piperidine rings is 2. The molecule has 0 spiro atoms. The molecule has 2 aliphatic rings. The summed E-state index contributed by atoms with van der Waals surface area (Å²) in [6.45, 7) is 2.17. The number of hydrogen-bond donors (Lipinski definition) is 4. The number of halogens is 5. The van der Waals surface area contributed by atoms with Gasteiger partial charge < -0.3 is 35.1 Å². The van der Waals surface area contributed by atoms with Crippen LogP contribution in [-0.4, -0.2) is 114 Å². The Morgan fingerprint density at radius 3 is 1.86 bits per heavy atom. The van der Waals surface area contributed by atoms with Gasteiger partial charge in [0.25, 0.3) is 5.91 Å². The Hall–Kier alpha value is -5.89. The Morgan fingerprint density at radius 2 is 1.33 bits per heavy atom. The lowest BCUT2D eigenvalue weighted by Crippen LogP contribution is -2.43. The third-order valence-electron chi connectivity index (χ3n) is 10.8. The lowest BCUT2D eigenvalue weighted by molar-refractivity contribution is -0.139. The number of amides is 2. The Balaban J connectivity index is 0.000000173. The van der Waals surface area contributed by atoms with Crippen LogP contribution in [0.2, 0.25) is 10.0 Å². The van der Waals surface area contributed by atoms with Gasteiger partial charge in [0.05, 0.1) is 27.3 Å². The van der Waals surface area contributed by atoms with Gasteiger partial charge in [0.2, 0.25) is 5.91 Å². The molecule has 0 radical (unpaired) electrons. The number of fused-ring (bicyclic) bond motifs is 2. The second-order valence-corrected chi connectivity index (χ2v) is 16.9. The molecule has 9 rings (SSSR count). The highest BCUT2D eigenvalue weighted by Gasteiger charge is 2.27. The summed E-state index contributed by atoms with van der Waals surface area (Å²) in [7, 11) is 0. The summed E-state index contributed by atoms with van der Waals surface area (Å²) in [5.41, 5.74) is 2.65. The molecule has 0 bridgehead atoms. The molecule has 328 valence electrons. The van der Waals surface area contributed by atoms with Crippen molar-refractivity contribution >= 4 is 80.1 Å². The highest BCUT2D eigenvalue weighted by Crippen LogP contribution is 2.30. The normalized spacial score (nSPS) is 16.5. The van der Waals surface area contributed by atoms with Crippen molar-refractivity contribution in [3.05, 3.63) is 93.4 Å². The second kappa shape index (κ2) is 20.1. The highest BCUT2D eigenvalue weighted by molar-refractivity contribution is 7.12. The SMILES string of the molecule is O=C(COCF)N1CCCC(CNc2nc(-c3c[nH]c4ncc(Cl)cc34)ncc2F)C1.O=C(c1cccs1)N1CCCC(CNc2nc(-c3c[nH]c4ncc(Cl)cc34)ncc2F)C1. The smallest absolute Gasteiger partial charge is 0.263 e. The maximum Gasteiger partial charge on any atom is 0.263 e. The molecule has 7 aromatic heterocycles. The van der Waals surface area contributed by atoms with Crippen molar-refractivity contribution in [2.24, 2.45) is 11.8 Å². The van der Waals surface area contributed by atoms with E-state index in [0.717, 1.165) is 60.3 Å². The summed E-state index contributed by atoms with van der Waals surface area (Å²) in [6.07, 6.45) is 12.4. The summed E-state index contributed by atoms with van der Waals surface area (Å²) >= 11 is 13.6. The molecular weight excluding hydrogens is 881 g/mol. The number of anilines is 2. The van der Waals surface area contributed by atoms with Gasteiger partial charge in [0, 0.05) is 86.0 Å². The summed E-state index contributed by atoms with van der Waals surface area (Å²) in [4.78, 5) is 60.5. The first-order valence-corrected chi connectivity index (χ1v) is 21.8. The molecule has 2 saturated heterocycles. The Bertz CT molecular complexity index is 2710. The Labute approximate surface area is 372 Å². The quantitative estimate of drug-likeness (QED) is 0.0926. The summed E-state index contributed by atoms with van der Waals surface area (Å²) in [6, 6.07) is 7.25. The van der Waals surface area contributed by atoms with Gasteiger partial charge >= 0.3 is 0 Å². The van der Waals surface area contributed by atoms with Crippen LogP contribution in [0.5, 0.6) is 0 Å². The van der Waals surface area contributed by atoms with Gasteiger partial charge in [-0.05, 0) is 61.1 Å². The zero-order valence-corrected chi connectivity index (χ0v) is 35.9. The lowest BCUT2D eigenvalue weighted by Gasteiger charge is -2.32. The van der Waals surface area contributed by atoms with Crippen molar-refractivity contribution in [3.63, 3.8) is 0 Å². The summed E-state index contributed by atoms with van der Waals surface area (Å²) < 4.78 is 45.5. The number of likely N-dealkylation sites (tertiary alicyclic amines) is 2. The third-order valence-corrected chi connectivity index (χ3v) is 12.1. The molecule has 0 aliphatic carbocycles. The van der Waals surface area contributed by atoms with Crippen LogP contribution in [0.1, 0.15) is 35.4 Å². The monoisotopic (exact) mass is 920 g/mol. The predicted molar refractivity (Wildman–Crippen MR) is 235 cm³/mol. The lowest BCUT2D eigenvalue weighted by atomic mass is 9.98. The van der Waals surface area contributed by atoms with Crippen LogP contribution in [0.25, 0.3) is 44.8 Å². The number of nitrogens with zero attached hydrogens (tertiary/aromatic N) is 8. The van der Waals surface area contributed by atoms with E-state index in [4.69, 9.17) is 23.2 Å². The van der Waals surface area contributed by atoms with Crippen molar-refractivity contribution in [1.82, 2.24) is 49.7 Å². The maximum absolute atomic E-state index is 14.4. The molecular formula is C42H41Cl2F3N12O3S. The van der Waals surface area contributed by atoms with Crippen LogP contribution >= 0.6 is 34.5 Å². The largest absolute Gasteiger partial charge is 0.367 e. The van der Waals surface area contributed by atoms with E-state index in [0.29, 0.717) is 76.8 Å². The van der Waals surface area contributed by atoms with Gasteiger partial charge in [0.15, 0.2) is 41.8 Å². The Morgan fingerprint density at radius 1 is 0.794 bits per heavy atom. The number of thiophene rings is 1. The number of carbonyl (C=O) groups is 2. The molecule has 15 nitrogen and oxygen atoms in total. The number of ether oxygens (including phenoxy) is 1. The van der Waals surface area contributed by atoms with E-state index in [1.807, 2.05) is 22.4 Å². The average molecular weight is 922 g/mol. The summed E-state index contributed by atoms with van der Waals surface area (Å²) in [5.74, 6) is -0.0215. The number of nitrogens with one attached hydrogen (secondary N) is 4. The van der Waals surface area contributed by atoms with Crippen LogP contribution < -0.4 is 10.6 Å². The first kappa shape index (κ1) is 43.7. The standard InChI is InChI=1S/C22H20ClFN6OS.C20H21ClF2N6O2/c23-14-7-15-16(10-27-19(15)26-9-14)20-28-11-17(24)21(29-20)25-8-13-3-1-5-30(12-13)22(31)18-4-2-6-32-18;21-13-4-14-15(7-26-18(14)25-6-13)19-27-8-16(23)20(28-19)24-5-12-2-1-3-29(9-12)17(30)10-31-11-22/h2,4,6-7,9-11,13H,1,3,5,8,12H2,(H,26,27)(H,25,28,29);4,6-8,12H,1-3,5,9-11H2,(H,25,26)(H,24,27,28). The van der Waals surface area contributed by atoms with Crippen molar-refractivity contribution in [1.29, 1.82) is 0 Å². The van der Waals surface area contributed by atoms with E-state index >= 15 is 0 Å². The van der Waals surface area contributed by atoms with E-state index in [9.17, 15) is 22.8 Å². The van der Waals surface area contributed by atoms with Crippen molar-refractivity contribution in [3.8, 4) is 22.8 Å². The molecule has 21 heteroatoms. The molecule has 0 aromatic carbocycles. The molecule has 2 atom stereocenters. The minimum Gasteiger partial charge on any atom is -0.367 e. The van der Waals surface area contributed by atoms with E-state index < -0.39 is 18.5 Å². The minimum absolute atomic E-state index is 0.0619. The second-order valence-electron chi connectivity index (χ2n) is 15.1. The van der Waals surface area contributed by atoms with Gasteiger partial charge in [-0.25, -0.2) is 43.1 Å². The van der Waals surface area contributed by atoms with E-state index in [1.54, 1.807) is 35.6 Å². The van der Waals surface area contributed by atoms with Gasteiger partial charge in [0.1, 0.15) is 17.9 Å². The molecule has 4 N–H and O–H groups in total. The van der Waals surface area contributed by atoms with Crippen molar-refractivity contribution in [2.75, 3.05) is 63.4 Å². The van der Waals surface area contributed by atoms with Gasteiger partial charge in [-0.1, -0.05) is 29.3 Å². The summed E-state index contributed by atoms with van der Waals surface area (Å²) in [5, 5.41) is 10.6. The number of aromatic nitrogens is 8. The number of carbonyl (C=O) groups excluding carboxylic acids is 2. The molecule has 2 amide bonds. The molecule has 2 aliphatic heterocycles. The van der Waals surface area contributed by atoms with Gasteiger partial charge in [-0.15, -0.1) is 11.3 Å². The zero-order chi connectivity index (χ0) is 43.9. The van der Waals surface area contributed by atoms with Crippen molar-refractivity contribution < 1.29 is 27.5 Å². The number of H-pyrrole nitrogens is 2. The van der Waals surface area contributed by atoms with Gasteiger partial charge in [-0.3, -0.25) is 9.59 Å². The molecule has 63 heavy (non-hydrogen) atoms. The molecule has 9 heterocycles. The molecule has 2 fully saturated rings. The van der Waals surface area contributed by atoms with Crippen LogP contribution in [0.3, 0.4) is 0 Å². The van der Waals surface area contributed by atoms with E-state index in [2.05, 4.69) is 55.2 Å². The highest BCUT2D eigenvalue weighted by atomic mass is 35.5. The van der Waals surface area contributed by atoms with Crippen LogP contribution in [0.15, 0.2) is 66.8 Å². The zero-order valence-electron chi connectivity index (χ0n) is 33.6. The first-order chi connectivity index (χ1) is 30.6. The third kappa shape index (κ3) is 10.5. The Kier molecular flexibility index (Phi) is 13.9. The predicted octanol–water partition coefficient (Wildman–Crippen LogP) is 8.24. The van der Waals surface area contributed by atoms with E-state index in [1.165, 1.54) is 17.5 Å². The maximum atomic E-state index is 14.4. The number of alkyl halides is 1. The molecule has 2 unspecified atom stereocenters. The molecule has 7 aromatic rings. The minimum atomic E-state index is -0.988. The number of hydrogen-bond acceptors (Lipinski definition) is 12. The fourth-order valence-electron chi connectivity index (χ4n) is 7.70. The average Bonchev–Trinajstić information content (AvgIpc) is 4.09. The number of rotatable bonds is 12. The first-order valence-electron chi connectivity index (χ1n) is 20.2. The fraction of sp³-hybridized carbons (Fsp3) is 0.333. The van der Waals surface area contributed by atoms with Crippen LogP contribution in [0, 0.1) is 23.5 Å². The van der Waals surface area contributed by atoms with Gasteiger partial charge in [-0.2, -0.15) is 0 Å². The van der Waals surface area contributed by atoms with E-state index in [-0.39, 0.29) is 41.9 Å². The van der Waals surface area contributed by atoms with Crippen LogP contribution in [-0.2, 0) is 9.53 Å². The number of aromatic amines is 2. The van der Waals surface area contributed by atoms with Crippen LogP contribution in [0.4, 0.5) is 24.8 Å². The topological polar surface area (TPSA) is 183 Å². The fourth-order valence-corrected chi connectivity index (χ4v) is 8.70. The molecule has 0 saturated carbocycles. The number of pyridine rings is 2.